The Balaban J connectivity index is 2.07. The second-order valence-electron chi connectivity index (χ2n) is 5.19. The van der Waals surface area contributed by atoms with Gasteiger partial charge in [0.05, 0.1) is 5.69 Å². The van der Waals surface area contributed by atoms with Crippen molar-refractivity contribution in [3.8, 4) is 11.5 Å². The molecule has 0 unspecified atom stereocenters. The lowest BCUT2D eigenvalue weighted by molar-refractivity contribution is 0.181. The number of urea groups is 1. The molecule has 116 valence electrons. The molecule has 0 radical (unpaired) electrons. The molecular formula is C14H18ClFN2O3. The Kier molecular flexibility index (Phi) is 4.77. The van der Waals surface area contributed by atoms with Crippen LogP contribution < -0.4 is 5.32 Å². The largest absolute Gasteiger partial charge is 0.503 e. The molecule has 1 heterocycles. The molecule has 1 aromatic rings. The van der Waals surface area contributed by atoms with Gasteiger partial charge < -0.3 is 20.4 Å². The van der Waals surface area contributed by atoms with Crippen LogP contribution in [0.1, 0.15) is 26.2 Å². The number of halogens is 2. The molecule has 1 aliphatic rings. The smallest absolute Gasteiger partial charge is 0.321 e. The molecule has 0 atom stereocenters. The summed E-state index contributed by atoms with van der Waals surface area (Å²) in [5, 5.41) is 20.9. The Morgan fingerprint density at radius 3 is 2.62 bits per heavy atom. The highest BCUT2D eigenvalue weighted by Crippen LogP contribution is 2.40. The van der Waals surface area contributed by atoms with E-state index in [-0.39, 0.29) is 10.7 Å². The van der Waals surface area contributed by atoms with Gasteiger partial charge in [0.1, 0.15) is 5.02 Å². The zero-order chi connectivity index (χ0) is 15.6. The highest BCUT2D eigenvalue weighted by Gasteiger charge is 2.23. The molecule has 2 amide bonds. The average molecular weight is 317 g/mol. The first-order valence-electron chi connectivity index (χ1n) is 6.89. The number of nitrogens with one attached hydrogen (secondary N) is 1. The maximum absolute atomic E-state index is 13.4. The molecular weight excluding hydrogens is 299 g/mol. The van der Waals surface area contributed by atoms with Gasteiger partial charge >= 0.3 is 6.03 Å². The van der Waals surface area contributed by atoms with E-state index < -0.39 is 23.3 Å². The molecule has 1 aliphatic heterocycles. The summed E-state index contributed by atoms with van der Waals surface area (Å²) >= 11 is 5.79. The van der Waals surface area contributed by atoms with Crippen molar-refractivity contribution in [2.45, 2.75) is 26.2 Å². The normalized spacial score (nSPS) is 16.0. The van der Waals surface area contributed by atoms with Crippen LogP contribution in [0.25, 0.3) is 0 Å². The molecule has 7 heteroatoms. The zero-order valence-electron chi connectivity index (χ0n) is 11.7. The minimum atomic E-state index is -1.04. The Morgan fingerprint density at radius 2 is 2.05 bits per heavy atom. The van der Waals surface area contributed by atoms with E-state index in [2.05, 4.69) is 12.2 Å². The second kappa shape index (κ2) is 6.39. The van der Waals surface area contributed by atoms with E-state index in [1.54, 1.807) is 4.90 Å². The number of benzene rings is 1. The summed E-state index contributed by atoms with van der Waals surface area (Å²) in [5.74, 6) is -2.12. The van der Waals surface area contributed by atoms with Crippen LogP contribution in [0.2, 0.25) is 5.02 Å². The minimum Gasteiger partial charge on any atom is -0.503 e. The SMILES string of the molecule is CCC1CCN(C(=O)Nc2cc(F)c(O)c(O)c2Cl)CC1. The standard InChI is InChI=1S/C14H18ClFN2O3/c1-2-8-3-5-18(6-4-8)14(21)17-10-7-9(16)12(19)13(20)11(10)15/h7-8,19-20H,2-6H2,1H3,(H,17,21). The first kappa shape index (κ1) is 15.7. The number of carbonyl (C=O) groups is 1. The molecule has 2 rings (SSSR count). The maximum Gasteiger partial charge on any atom is 0.321 e. The third-order valence-corrected chi connectivity index (χ3v) is 4.27. The number of likely N-dealkylation sites (tertiary alicyclic amines) is 1. The molecule has 0 saturated carbocycles. The number of phenols is 2. The van der Waals surface area contributed by atoms with Crippen LogP contribution in [0.5, 0.6) is 11.5 Å². The monoisotopic (exact) mass is 316 g/mol. The summed E-state index contributed by atoms with van der Waals surface area (Å²) in [6.07, 6.45) is 2.97. The van der Waals surface area contributed by atoms with E-state index in [4.69, 9.17) is 11.6 Å². The lowest BCUT2D eigenvalue weighted by atomic mass is 9.95. The van der Waals surface area contributed by atoms with Crippen LogP contribution in [0, 0.1) is 11.7 Å². The number of hydrogen-bond acceptors (Lipinski definition) is 3. The van der Waals surface area contributed by atoms with Crippen LogP contribution in [-0.4, -0.2) is 34.2 Å². The van der Waals surface area contributed by atoms with E-state index in [9.17, 15) is 19.4 Å². The fourth-order valence-electron chi connectivity index (χ4n) is 2.43. The quantitative estimate of drug-likeness (QED) is 0.577. The molecule has 21 heavy (non-hydrogen) atoms. The predicted octanol–water partition coefficient (Wildman–Crippen LogP) is 3.54. The second-order valence-corrected chi connectivity index (χ2v) is 5.56. The minimum absolute atomic E-state index is 0.0629. The van der Waals surface area contributed by atoms with Gasteiger partial charge in [-0.15, -0.1) is 0 Å². The molecule has 1 fully saturated rings. The van der Waals surface area contributed by atoms with E-state index in [1.165, 1.54) is 0 Å². The van der Waals surface area contributed by atoms with E-state index in [0.717, 1.165) is 25.3 Å². The Morgan fingerprint density at radius 1 is 1.43 bits per heavy atom. The average Bonchev–Trinajstić information content (AvgIpc) is 2.50. The molecule has 0 aliphatic carbocycles. The van der Waals surface area contributed by atoms with Crippen LogP contribution in [0.3, 0.4) is 0 Å². The number of aromatic hydroxyl groups is 2. The van der Waals surface area contributed by atoms with Crippen molar-refractivity contribution in [2.75, 3.05) is 18.4 Å². The molecule has 0 spiro atoms. The van der Waals surface area contributed by atoms with E-state index in [1.807, 2.05) is 0 Å². The van der Waals surface area contributed by atoms with Crippen molar-refractivity contribution in [1.82, 2.24) is 4.90 Å². The highest BCUT2D eigenvalue weighted by atomic mass is 35.5. The first-order valence-corrected chi connectivity index (χ1v) is 7.27. The van der Waals surface area contributed by atoms with Crippen LogP contribution in [0.15, 0.2) is 6.07 Å². The van der Waals surface area contributed by atoms with Gasteiger partial charge in [-0.1, -0.05) is 24.9 Å². The summed E-state index contributed by atoms with van der Waals surface area (Å²) < 4.78 is 13.4. The summed E-state index contributed by atoms with van der Waals surface area (Å²) in [4.78, 5) is 13.7. The van der Waals surface area contributed by atoms with Crippen molar-refractivity contribution in [3.63, 3.8) is 0 Å². The molecule has 3 N–H and O–H groups in total. The van der Waals surface area contributed by atoms with E-state index in [0.29, 0.717) is 19.0 Å². The molecule has 0 aromatic heterocycles. The van der Waals surface area contributed by atoms with E-state index >= 15 is 0 Å². The van der Waals surface area contributed by atoms with Gasteiger partial charge in [-0.2, -0.15) is 0 Å². The number of carbonyl (C=O) groups excluding carboxylic acids is 1. The fraction of sp³-hybridized carbons (Fsp3) is 0.500. The lowest BCUT2D eigenvalue weighted by Crippen LogP contribution is -2.41. The van der Waals surface area contributed by atoms with Gasteiger partial charge in [-0.25, -0.2) is 9.18 Å². The summed E-state index contributed by atoms with van der Waals surface area (Å²) in [5.41, 5.74) is -0.0629. The highest BCUT2D eigenvalue weighted by molar-refractivity contribution is 6.35. The fourth-order valence-corrected chi connectivity index (χ4v) is 2.62. The van der Waals surface area contributed by atoms with Crippen LogP contribution in [-0.2, 0) is 0 Å². The number of piperidine rings is 1. The number of nitrogens with zero attached hydrogens (tertiary/aromatic N) is 1. The summed E-state index contributed by atoms with van der Waals surface area (Å²) in [6.45, 7) is 3.39. The van der Waals surface area contributed by atoms with Crippen molar-refractivity contribution in [3.05, 3.63) is 16.9 Å². The third kappa shape index (κ3) is 3.32. The van der Waals surface area contributed by atoms with Gasteiger partial charge in [0.2, 0.25) is 0 Å². The molecule has 5 nitrogen and oxygen atoms in total. The molecule has 1 aromatic carbocycles. The third-order valence-electron chi connectivity index (χ3n) is 3.89. The number of rotatable bonds is 2. The van der Waals surface area contributed by atoms with Crippen molar-refractivity contribution in [2.24, 2.45) is 5.92 Å². The van der Waals surface area contributed by atoms with Gasteiger partial charge in [0.15, 0.2) is 17.3 Å². The van der Waals surface area contributed by atoms with Gasteiger partial charge in [-0.3, -0.25) is 0 Å². The topological polar surface area (TPSA) is 72.8 Å². The number of phenolic OH excluding ortho intramolecular Hbond substituents is 2. The van der Waals surface area contributed by atoms with Crippen molar-refractivity contribution >= 4 is 23.3 Å². The summed E-state index contributed by atoms with van der Waals surface area (Å²) in [7, 11) is 0. The number of hydrogen-bond donors (Lipinski definition) is 3. The van der Waals surface area contributed by atoms with Crippen LogP contribution in [0.4, 0.5) is 14.9 Å². The molecule has 0 bridgehead atoms. The van der Waals surface area contributed by atoms with Gasteiger partial charge in [0, 0.05) is 19.2 Å². The lowest BCUT2D eigenvalue weighted by Gasteiger charge is -2.31. The number of amides is 2. The maximum atomic E-state index is 13.4. The predicted molar refractivity (Wildman–Crippen MR) is 78.3 cm³/mol. The van der Waals surface area contributed by atoms with Crippen molar-refractivity contribution < 1.29 is 19.4 Å². The van der Waals surface area contributed by atoms with Gasteiger partial charge in [0.25, 0.3) is 0 Å². The number of anilines is 1. The zero-order valence-corrected chi connectivity index (χ0v) is 12.5. The Hall–Kier alpha value is -1.69. The first-order chi connectivity index (χ1) is 9.93. The Labute approximate surface area is 127 Å². The van der Waals surface area contributed by atoms with Crippen molar-refractivity contribution in [1.29, 1.82) is 0 Å². The van der Waals surface area contributed by atoms with Gasteiger partial charge in [-0.05, 0) is 18.8 Å². The Bertz CT molecular complexity index is 546. The summed E-state index contributed by atoms with van der Waals surface area (Å²) in [6, 6.07) is 0.490. The molecule has 1 saturated heterocycles. The van der Waals surface area contributed by atoms with Crippen LogP contribution >= 0.6 is 11.6 Å².